The number of imidazole rings is 1. The third-order valence-corrected chi connectivity index (χ3v) is 1.91. The minimum Gasteiger partial charge on any atom is -0.330 e. The Morgan fingerprint density at radius 3 is 3.27 bits per heavy atom. The van der Waals surface area contributed by atoms with Crippen LogP contribution in [0.2, 0.25) is 0 Å². The number of aromatic nitrogens is 2. The molecule has 1 atom stereocenters. The highest BCUT2D eigenvalue weighted by atomic mass is 15.2. The Morgan fingerprint density at radius 2 is 2.45 bits per heavy atom. The maximum absolute atomic E-state index is 4.17. The minimum absolute atomic E-state index is 0.425. The van der Waals surface area contributed by atoms with E-state index in [1.165, 1.54) is 5.70 Å². The van der Waals surface area contributed by atoms with Gasteiger partial charge in [0.1, 0.15) is 0 Å². The summed E-state index contributed by atoms with van der Waals surface area (Å²) in [5.41, 5.74) is 1.18. The Balaban J connectivity index is 2.45. The summed E-state index contributed by atoms with van der Waals surface area (Å²) >= 11 is 0. The molecule has 0 radical (unpaired) electrons. The summed E-state index contributed by atoms with van der Waals surface area (Å²) in [4.78, 5) is 4.17. The van der Waals surface area contributed by atoms with Gasteiger partial charge in [0, 0.05) is 18.1 Å². The van der Waals surface area contributed by atoms with Gasteiger partial charge in [-0.2, -0.15) is 0 Å². The fourth-order valence-corrected chi connectivity index (χ4v) is 1.40. The molecule has 0 spiro atoms. The molecule has 0 saturated heterocycles. The second-order valence-electron chi connectivity index (χ2n) is 2.87. The SMILES string of the molecule is CC1=CC(C)n2ccnc2N1. The summed E-state index contributed by atoms with van der Waals surface area (Å²) in [6.07, 6.45) is 5.97. The first-order valence-electron chi connectivity index (χ1n) is 3.75. The van der Waals surface area contributed by atoms with Gasteiger partial charge in [-0.1, -0.05) is 0 Å². The number of nitrogens with zero attached hydrogens (tertiary/aromatic N) is 2. The van der Waals surface area contributed by atoms with E-state index < -0.39 is 0 Å². The quantitative estimate of drug-likeness (QED) is 0.609. The van der Waals surface area contributed by atoms with E-state index in [1.807, 2.05) is 12.4 Å². The Kier molecular flexibility index (Phi) is 1.24. The van der Waals surface area contributed by atoms with E-state index >= 15 is 0 Å². The number of rotatable bonds is 0. The highest BCUT2D eigenvalue weighted by Crippen LogP contribution is 2.21. The molecule has 1 aliphatic heterocycles. The molecule has 1 aromatic rings. The molecule has 1 aromatic heterocycles. The van der Waals surface area contributed by atoms with Gasteiger partial charge in [0.05, 0.1) is 6.04 Å². The van der Waals surface area contributed by atoms with Crippen molar-refractivity contribution in [3.05, 3.63) is 24.2 Å². The molecule has 0 fully saturated rings. The van der Waals surface area contributed by atoms with Crippen molar-refractivity contribution in [3.63, 3.8) is 0 Å². The van der Waals surface area contributed by atoms with E-state index in [-0.39, 0.29) is 0 Å². The van der Waals surface area contributed by atoms with E-state index in [1.54, 1.807) is 0 Å². The lowest BCUT2D eigenvalue weighted by Crippen LogP contribution is -2.14. The van der Waals surface area contributed by atoms with Crippen LogP contribution in [0.15, 0.2) is 24.2 Å². The summed E-state index contributed by atoms with van der Waals surface area (Å²) in [6, 6.07) is 0.425. The van der Waals surface area contributed by atoms with Gasteiger partial charge in [-0.3, -0.25) is 0 Å². The first-order chi connectivity index (χ1) is 5.27. The van der Waals surface area contributed by atoms with Gasteiger partial charge in [0.25, 0.3) is 0 Å². The largest absolute Gasteiger partial charge is 0.330 e. The predicted octanol–water partition coefficient (Wildman–Crippen LogP) is 1.77. The second kappa shape index (κ2) is 2.12. The number of hydrogen-bond donors (Lipinski definition) is 1. The van der Waals surface area contributed by atoms with Crippen LogP contribution >= 0.6 is 0 Å². The van der Waals surface area contributed by atoms with Crippen molar-refractivity contribution in [1.29, 1.82) is 0 Å². The predicted molar refractivity (Wildman–Crippen MR) is 44.3 cm³/mol. The molecule has 11 heavy (non-hydrogen) atoms. The lowest BCUT2D eigenvalue weighted by Gasteiger charge is -2.20. The van der Waals surface area contributed by atoms with Crippen LogP contribution < -0.4 is 5.32 Å². The summed E-state index contributed by atoms with van der Waals surface area (Å²) in [5, 5.41) is 3.18. The average molecular weight is 149 g/mol. The number of fused-ring (bicyclic) bond motifs is 1. The molecule has 58 valence electrons. The molecule has 3 nitrogen and oxygen atoms in total. The molecule has 0 aliphatic carbocycles. The van der Waals surface area contributed by atoms with Gasteiger partial charge < -0.3 is 9.88 Å². The molecule has 1 aliphatic rings. The van der Waals surface area contributed by atoms with Crippen LogP contribution in [0.1, 0.15) is 19.9 Å². The molecule has 0 saturated carbocycles. The first kappa shape index (κ1) is 6.46. The third kappa shape index (κ3) is 0.926. The number of anilines is 1. The minimum atomic E-state index is 0.425. The number of allylic oxidation sites excluding steroid dienone is 2. The number of nitrogens with one attached hydrogen (secondary N) is 1. The van der Waals surface area contributed by atoms with Gasteiger partial charge in [-0.05, 0) is 19.9 Å². The highest BCUT2D eigenvalue weighted by molar-refractivity contribution is 5.39. The monoisotopic (exact) mass is 149 g/mol. The zero-order valence-electron chi connectivity index (χ0n) is 6.70. The van der Waals surface area contributed by atoms with Crippen molar-refractivity contribution >= 4 is 5.95 Å². The zero-order chi connectivity index (χ0) is 7.84. The molecule has 2 heterocycles. The Morgan fingerprint density at radius 1 is 1.64 bits per heavy atom. The van der Waals surface area contributed by atoms with Gasteiger partial charge in [0.2, 0.25) is 5.95 Å². The lowest BCUT2D eigenvalue weighted by atomic mass is 10.2. The Hall–Kier alpha value is -1.25. The van der Waals surface area contributed by atoms with Gasteiger partial charge in [-0.25, -0.2) is 4.98 Å². The topological polar surface area (TPSA) is 29.9 Å². The molecule has 2 rings (SSSR count). The summed E-state index contributed by atoms with van der Waals surface area (Å²) in [7, 11) is 0. The lowest BCUT2D eigenvalue weighted by molar-refractivity contribution is 0.649. The van der Waals surface area contributed by atoms with Crippen molar-refractivity contribution in [1.82, 2.24) is 9.55 Å². The van der Waals surface area contributed by atoms with Crippen LogP contribution in [-0.4, -0.2) is 9.55 Å². The van der Waals surface area contributed by atoms with Gasteiger partial charge >= 0.3 is 0 Å². The van der Waals surface area contributed by atoms with Crippen LogP contribution in [0.4, 0.5) is 5.95 Å². The van der Waals surface area contributed by atoms with Crippen molar-refractivity contribution in [2.24, 2.45) is 0 Å². The van der Waals surface area contributed by atoms with Crippen LogP contribution in [0.3, 0.4) is 0 Å². The zero-order valence-corrected chi connectivity index (χ0v) is 6.70. The van der Waals surface area contributed by atoms with Crippen LogP contribution in [0.5, 0.6) is 0 Å². The van der Waals surface area contributed by atoms with Crippen LogP contribution in [0.25, 0.3) is 0 Å². The number of hydrogen-bond acceptors (Lipinski definition) is 2. The Labute approximate surface area is 65.7 Å². The summed E-state index contributed by atoms with van der Waals surface area (Å²) < 4.78 is 2.10. The van der Waals surface area contributed by atoms with Crippen molar-refractivity contribution < 1.29 is 0 Å². The molecule has 0 amide bonds. The van der Waals surface area contributed by atoms with Crippen molar-refractivity contribution in [2.45, 2.75) is 19.9 Å². The smallest absolute Gasteiger partial charge is 0.207 e. The molecular formula is C8H11N3. The fraction of sp³-hybridized carbons (Fsp3) is 0.375. The first-order valence-corrected chi connectivity index (χ1v) is 3.75. The summed E-state index contributed by atoms with van der Waals surface area (Å²) in [5.74, 6) is 0.942. The van der Waals surface area contributed by atoms with Crippen molar-refractivity contribution in [3.8, 4) is 0 Å². The molecule has 0 bridgehead atoms. The highest BCUT2D eigenvalue weighted by Gasteiger charge is 2.12. The molecular weight excluding hydrogens is 138 g/mol. The van der Waals surface area contributed by atoms with E-state index in [2.05, 4.69) is 34.8 Å². The van der Waals surface area contributed by atoms with E-state index in [9.17, 15) is 0 Å². The van der Waals surface area contributed by atoms with Gasteiger partial charge in [-0.15, -0.1) is 0 Å². The molecule has 3 heteroatoms. The second-order valence-corrected chi connectivity index (χ2v) is 2.87. The molecule has 1 unspecified atom stereocenters. The molecule has 0 aromatic carbocycles. The van der Waals surface area contributed by atoms with Gasteiger partial charge in [0.15, 0.2) is 0 Å². The normalized spacial score (nSPS) is 22.0. The third-order valence-electron chi connectivity index (χ3n) is 1.91. The maximum Gasteiger partial charge on any atom is 0.207 e. The standard InChI is InChI=1S/C8H11N3/c1-6-5-7(2)11-4-3-9-8(11)10-6/h3-5,7H,1-2H3,(H,9,10). The van der Waals surface area contributed by atoms with Crippen LogP contribution in [-0.2, 0) is 0 Å². The van der Waals surface area contributed by atoms with Crippen LogP contribution in [0, 0.1) is 0 Å². The molecule has 1 N–H and O–H groups in total. The fourth-order valence-electron chi connectivity index (χ4n) is 1.40. The summed E-state index contributed by atoms with van der Waals surface area (Å²) in [6.45, 7) is 4.20. The average Bonchev–Trinajstić information content (AvgIpc) is 2.34. The van der Waals surface area contributed by atoms with E-state index in [0.717, 1.165) is 5.95 Å². The maximum atomic E-state index is 4.17. The van der Waals surface area contributed by atoms with Crippen molar-refractivity contribution in [2.75, 3.05) is 5.32 Å². The Bertz CT molecular complexity index is 298. The van der Waals surface area contributed by atoms with E-state index in [4.69, 9.17) is 0 Å². The van der Waals surface area contributed by atoms with E-state index in [0.29, 0.717) is 6.04 Å².